The van der Waals surface area contributed by atoms with E-state index in [0.29, 0.717) is 5.56 Å². The van der Waals surface area contributed by atoms with Crippen molar-refractivity contribution >= 4 is 34.0 Å². The Morgan fingerprint density at radius 2 is 1.77 bits per heavy atom. The number of hydrogen-bond acceptors (Lipinski definition) is 3. The average molecular weight is 373 g/mol. The fourth-order valence-corrected chi connectivity index (χ4v) is 3.36. The standard InChI is InChI=1S/C17H13BrN2OS/c1-20-17(22-14-9-7-13(18)8-10-14)15(11-21)16(19-20)12-5-3-2-4-6-12/h2-11H,1H3. The first-order chi connectivity index (χ1) is 10.7. The van der Waals surface area contributed by atoms with E-state index in [4.69, 9.17) is 0 Å². The highest BCUT2D eigenvalue weighted by molar-refractivity contribution is 9.10. The number of aryl methyl sites for hydroxylation is 1. The molecule has 0 fully saturated rings. The molecule has 0 N–H and O–H groups in total. The molecule has 3 nitrogen and oxygen atoms in total. The minimum absolute atomic E-state index is 0.626. The van der Waals surface area contributed by atoms with Crippen molar-refractivity contribution < 1.29 is 4.79 Å². The van der Waals surface area contributed by atoms with Gasteiger partial charge in [0.05, 0.1) is 5.56 Å². The second kappa shape index (κ2) is 6.50. The van der Waals surface area contributed by atoms with Gasteiger partial charge >= 0.3 is 0 Å². The van der Waals surface area contributed by atoms with Gasteiger partial charge in [0.15, 0.2) is 6.29 Å². The SMILES string of the molecule is Cn1nc(-c2ccccc2)c(C=O)c1Sc1ccc(Br)cc1. The highest BCUT2D eigenvalue weighted by Gasteiger charge is 2.17. The number of aromatic nitrogens is 2. The zero-order valence-corrected chi connectivity index (χ0v) is 14.3. The number of halogens is 1. The van der Waals surface area contributed by atoms with Crippen LogP contribution in [0.15, 0.2) is 69.0 Å². The van der Waals surface area contributed by atoms with Gasteiger partial charge in [0.1, 0.15) is 10.7 Å². The summed E-state index contributed by atoms with van der Waals surface area (Å²) in [6, 6.07) is 17.8. The molecule has 0 aliphatic rings. The van der Waals surface area contributed by atoms with E-state index in [1.807, 2.05) is 61.6 Å². The lowest BCUT2D eigenvalue weighted by atomic mass is 10.1. The summed E-state index contributed by atoms with van der Waals surface area (Å²) in [6.45, 7) is 0. The monoisotopic (exact) mass is 372 g/mol. The number of benzene rings is 2. The number of carbonyl (C=O) groups is 1. The van der Waals surface area contributed by atoms with Gasteiger partial charge in [-0.15, -0.1) is 0 Å². The molecule has 3 rings (SSSR count). The molecule has 0 unspecified atom stereocenters. The van der Waals surface area contributed by atoms with E-state index in [1.165, 1.54) is 11.8 Å². The lowest BCUT2D eigenvalue weighted by molar-refractivity contribution is 0.112. The number of hydrogen-bond donors (Lipinski definition) is 0. The van der Waals surface area contributed by atoms with Crippen LogP contribution in [0.5, 0.6) is 0 Å². The van der Waals surface area contributed by atoms with Crippen molar-refractivity contribution in [1.29, 1.82) is 0 Å². The fraction of sp³-hybridized carbons (Fsp3) is 0.0588. The summed E-state index contributed by atoms with van der Waals surface area (Å²) in [6.07, 6.45) is 0.885. The smallest absolute Gasteiger partial charge is 0.155 e. The summed E-state index contributed by atoms with van der Waals surface area (Å²) in [7, 11) is 1.86. The third-order valence-corrected chi connectivity index (χ3v) is 4.94. The number of aldehydes is 1. The zero-order chi connectivity index (χ0) is 15.5. The van der Waals surface area contributed by atoms with Crippen molar-refractivity contribution in [1.82, 2.24) is 9.78 Å². The zero-order valence-electron chi connectivity index (χ0n) is 11.9. The van der Waals surface area contributed by atoms with Crippen LogP contribution in [0.3, 0.4) is 0 Å². The maximum absolute atomic E-state index is 11.6. The first-order valence-corrected chi connectivity index (χ1v) is 8.31. The molecule has 0 spiro atoms. The van der Waals surface area contributed by atoms with Gasteiger partial charge < -0.3 is 0 Å². The van der Waals surface area contributed by atoms with Gasteiger partial charge in [-0.1, -0.05) is 58.0 Å². The molecule has 1 aromatic heterocycles. The molecule has 2 aromatic carbocycles. The van der Waals surface area contributed by atoms with E-state index in [2.05, 4.69) is 21.0 Å². The van der Waals surface area contributed by atoms with Crippen molar-refractivity contribution in [3.8, 4) is 11.3 Å². The third-order valence-electron chi connectivity index (χ3n) is 3.22. The molecule has 1 heterocycles. The summed E-state index contributed by atoms with van der Waals surface area (Å²) in [5.41, 5.74) is 2.29. The topological polar surface area (TPSA) is 34.9 Å². The van der Waals surface area contributed by atoms with Gasteiger partial charge in [-0.25, -0.2) is 0 Å². The van der Waals surface area contributed by atoms with Crippen LogP contribution in [0.2, 0.25) is 0 Å². The van der Waals surface area contributed by atoms with Crippen LogP contribution >= 0.6 is 27.7 Å². The van der Waals surface area contributed by atoms with E-state index >= 15 is 0 Å². The van der Waals surface area contributed by atoms with Crippen LogP contribution in [0.1, 0.15) is 10.4 Å². The quantitative estimate of drug-likeness (QED) is 0.616. The normalized spacial score (nSPS) is 10.6. The van der Waals surface area contributed by atoms with Crippen LogP contribution in [-0.4, -0.2) is 16.1 Å². The van der Waals surface area contributed by atoms with Crippen LogP contribution < -0.4 is 0 Å². The van der Waals surface area contributed by atoms with Crippen LogP contribution in [-0.2, 0) is 7.05 Å². The lowest BCUT2D eigenvalue weighted by Crippen LogP contribution is -1.93. The maximum atomic E-state index is 11.6. The molecule has 0 atom stereocenters. The molecule has 0 aliphatic heterocycles. The van der Waals surface area contributed by atoms with E-state index in [1.54, 1.807) is 4.68 Å². The molecular weight excluding hydrogens is 360 g/mol. The molecule has 3 aromatic rings. The number of rotatable bonds is 4. The number of carbonyl (C=O) groups excluding carboxylic acids is 1. The Labute approximate surface area is 141 Å². The summed E-state index contributed by atoms with van der Waals surface area (Å²) in [4.78, 5) is 12.7. The molecular formula is C17H13BrN2OS. The van der Waals surface area contributed by atoms with Gasteiger partial charge in [0, 0.05) is 22.0 Å². The Morgan fingerprint density at radius 3 is 2.41 bits per heavy atom. The first kappa shape index (κ1) is 15.1. The minimum atomic E-state index is 0.626. The van der Waals surface area contributed by atoms with Crippen molar-refractivity contribution in [2.75, 3.05) is 0 Å². The summed E-state index contributed by atoms with van der Waals surface area (Å²) < 4.78 is 2.79. The molecule has 0 saturated carbocycles. The van der Waals surface area contributed by atoms with Gasteiger partial charge in [-0.3, -0.25) is 9.48 Å². The Hall–Kier alpha value is -1.85. The molecule has 0 saturated heterocycles. The Morgan fingerprint density at radius 1 is 1.09 bits per heavy atom. The largest absolute Gasteiger partial charge is 0.298 e. The molecule has 0 amide bonds. The predicted octanol–water partition coefficient (Wildman–Crippen LogP) is 4.81. The highest BCUT2D eigenvalue weighted by Crippen LogP contribution is 2.34. The Bertz CT molecular complexity index is 798. The fourth-order valence-electron chi connectivity index (χ4n) is 2.18. The van der Waals surface area contributed by atoms with Crippen LogP contribution in [0.4, 0.5) is 0 Å². The van der Waals surface area contributed by atoms with Crippen molar-refractivity contribution in [2.24, 2.45) is 7.05 Å². The second-order valence-corrected chi connectivity index (χ2v) is 6.71. The first-order valence-electron chi connectivity index (χ1n) is 6.70. The maximum Gasteiger partial charge on any atom is 0.155 e. The van der Waals surface area contributed by atoms with Gasteiger partial charge in [0.25, 0.3) is 0 Å². The Balaban J connectivity index is 2.03. The van der Waals surface area contributed by atoms with Gasteiger partial charge in [0.2, 0.25) is 0 Å². The molecule has 0 aliphatic carbocycles. The van der Waals surface area contributed by atoms with Crippen LogP contribution in [0, 0.1) is 0 Å². The van der Waals surface area contributed by atoms with E-state index < -0.39 is 0 Å². The summed E-state index contributed by atoms with van der Waals surface area (Å²) >= 11 is 4.96. The van der Waals surface area contributed by atoms with Gasteiger partial charge in [-0.05, 0) is 24.3 Å². The average Bonchev–Trinajstić information content (AvgIpc) is 2.86. The Kier molecular flexibility index (Phi) is 4.45. The van der Waals surface area contributed by atoms with E-state index in [-0.39, 0.29) is 0 Å². The van der Waals surface area contributed by atoms with Crippen molar-refractivity contribution in [2.45, 2.75) is 9.92 Å². The second-order valence-electron chi connectivity index (χ2n) is 4.73. The predicted molar refractivity (Wildman–Crippen MR) is 92.3 cm³/mol. The minimum Gasteiger partial charge on any atom is -0.298 e. The van der Waals surface area contributed by atoms with Crippen molar-refractivity contribution in [3.05, 3.63) is 64.6 Å². The highest BCUT2D eigenvalue weighted by atomic mass is 79.9. The molecule has 0 bridgehead atoms. The molecule has 5 heteroatoms. The molecule has 22 heavy (non-hydrogen) atoms. The lowest BCUT2D eigenvalue weighted by Gasteiger charge is -2.03. The van der Waals surface area contributed by atoms with E-state index in [0.717, 1.165) is 31.9 Å². The number of nitrogens with zero attached hydrogens (tertiary/aromatic N) is 2. The van der Waals surface area contributed by atoms with Crippen LogP contribution in [0.25, 0.3) is 11.3 Å². The van der Waals surface area contributed by atoms with E-state index in [9.17, 15) is 4.79 Å². The van der Waals surface area contributed by atoms with Gasteiger partial charge in [-0.2, -0.15) is 5.10 Å². The molecule has 0 radical (unpaired) electrons. The van der Waals surface area contributed by atoms with Crippen molar-refractivity contribution in [3.63, 3.8) is 0 Å². The summed E-state index contributed by atoms with van der Waals surface area (Å²) in [5.74, 6) is 0. The summed E-state index contributed by atoms with van der Waals surface area (Å²) in [5, 5.41) is 5.36. The third kappa shape index (κ3) is 3.00. The molecule has 110 valence electrons.